The van der Waals surface area contributed by atoms with E-state index in [-0.39, 0.29) is 12.3 Å². The summed E-state index contributed by atoms with van der Waals surface area (Å²) in [5, 5.41) is 2.66. The van der Waals surface area contributed by atoms with Crippen LogP contribution in [0.15, 0.2) is 24.3 Å². The van der Waals surface area contributed by atoms with Crippen molar-refractivity contribution < 1.29 is 14.3 Å². The lowest BCUT2D eigenvalue weighted by atomic mass is 10.1. The summed E-state index contributed by atoms with van der Waals surface area (Å²) in [6, 6.07) is 7.34. The van der Waals surface area contributed by atoms with Crippen LogP contribution >= 0.6 is 0 Å². The molecule has 3 N–H and O–H groups in total. The maximum absolute atomic E-state index is 11.5. The maximum Gasteiger partial charge on any atom is 0.407 e. The van der Waals surface area contributed by atoms with E-state index >= 15 is 0 Å². The Morgan fingerprint density at radius 3 is 2.47 bits per heavy atom. The molecule has 0 fully saturated rings. The number of primary amides is 1. The van der Waals surface area contributed by atoms with E-state index in [0.29, 0.717) is 6.54 Å². The van der Waals surface area contributed by atoms with Gasteiger partial charge in [0.05, 0.1) is 6.42 Å². The lowest BCUT2D eigenvalue weighted by molar-refractivity contribution is -0.117. The Bertz CT molecular complexity index is 464. The van der Waals surface area contributed by atoms with Crippen molar-refractivity contribution >= 4 is 12.0 Å². The van der Waals surface area contributed by atoms with Crippen molar-refractivity contribution in [3.05, 3.63) is 35.4 Å². The number of benzene rings is 1. The van der Waals surface area contributed by atoms with Gasteiger partial charge in [-0.3, -0.25) is 4.79 Å². The first kappa shape index (κ1) is 15.0. The van der Waals surface area contributed by atoms with Crippen LogP contribution in [0.5, 0.6) is 0 Å². The zero-order valence-corrected chi connectivity index (χ0v) is 11.5. The van der Waals surface area contributed by atoms with Crippen molar-refractivity contribution in [3.63, 3.8) is 0 Å². The zero-order chi connectivity index (χ0) is 14.5. The van der Waals surface area contributed by atoms with Crippen LogP contribution in [-0.4, -0.2) is 17.6 Å². The van der Waals surface area contributed by atoms with Crippen molar-refractivity contribution in [3.8, 4) is 0 Å². The Kier molecular flexibility index (Phi) is 4.92. The van der Waals surface area contributed by atoms with Gasteiger partial charge in [0.25, 0.3) is 0 Å². The van der Waals surface area contributed by atoms with Crippen LogP contribution in [0.4, 0.5) is 4.79 Å². The molecule has 1 aromatic rings. The summed E-state index contributed by atoms with van der Waals surface area (Å²) in [4.78, 5) is 22.3. The van der Waals surface area contributed by atoms with Gasteiger partial charge in [-0.25, -0.2) is 4.79 Å². The molecular formula is C14H20N2O3. The number of rotatable bonds is 4. The molecule has 0 atom stereocenters. The highest BCUT2D eigenvalue weighted by atomic mass is 16.6. The molecule has 0 spiro atoms. The van der Waals surface area contributed by atoms with Crippen molar-refractivity contribution in [2.75, 3.05) is 0 Å². The van der Waals surface area contributed by atoms with E-state index in [2.05, 4.69) is 5.32 Å². The Balaban J connectivity index is 2.53. The minimum Gasteiger partial charge on any atom is -0.444 e. The Hall–Kier alpha value is -2.04. The van der Waals surface area contributed by atoms with E-state index in [4.69, 9.17) is 10.5 Å². The van der Waals surface area contributed by atoms with Crippen molar-refractivity contribution in [1.82, 2.24) is 5.32 Å². The van der Waals surface area contributed by atoms with Gasteiger partial charge >= 0.3 is 6.09 Å². The molecule has 104 valence electrons. The van der Waals surface area contributed by atoms with Gasteiger partial charge in [0, 0.05) is 6.54 Å². The molecule has 19 heavy (non-hydrogen) atoms. The molecule has 0 heterocycles. The molecule has 1 aromatic carbocycles. The minimum absolute atomic E-state index is 0.195. The summed E-state index contributed by atoms with van der Waals surface area (Å²) >= 11 is 0. The summed E-state index contributed by atoms with van der Waals surface area (Å²) in [6.07, 6.45) is -0.270. The molecule has 0 saturated carbocycles. The summed E-state index contributed by atoms with van der Waals surface area (Å²) < 4.78 is 5.13. The second-order valence-corrected chi connectivity index (χ2v) is 5.32. The number of hydrogen-bond acceptors (Lipinski definition) is 3. The molecule has 5 nitrogen and oxygen atoms in total. The van der Waals surface area contributed by atoms with Crippen LogP contribution in [-0.2, 0) is 22.5 Å². The summed E-state index contributed by atoms with van der Waals surface area (Å²) in [5.74, 6) is -0.378. The predicted octanol–water partition coefficient (Wildman–Crippen LogP) is 1.74. The van der Waals surface area contributed by atoms with Crippen LogP contribution < -0.4 is 11.1 Å². The second-order valence-electron chi connectivity index (χ2n) is 5.32. The van der Waals surface area contributed by atoms with Crippen LogP contribution in [0.1, 0.15) is 31.9 Å². The molecular weight excluding hydrogens is 244 g/mol. The van der Waals surface area contributed by atoms with Crippen molar-refractivity contribution in [1.29, 1.82) is 0 Å². The summed E-state index contributed by atoms with van der Waals surface area (Å²) in [6.45, 7) is 5.77. The zero-order valence-electron chi connectivity index (χ0n) is 11.5. The standard InChI is InChI=1S/C14H20N2O3/c1-14(2,3)19-13(18)16-9-11-6-4-5-10(7-11)8-12(15)17/h4-7H,8-9H2,1-3H3,(H2,15,17)(H,16,18). The van der Waals surface area contributed by atoms with Gasteiger partial charge in [-0.05, 0) is 31.9 Å². The molecule has 0 aliphatic rings. The molecule has 0 aliphatic carbocycles. The molecule has 2 amide bonds. The molecule has 0 radical (unpaired) electrons. The number of carbonyl (C=O) groups is 2. The molecule has 0 aliphatic heterocycles. The van der Waals surface area contributed by atoms with Gasteiger partial charge in [-0.15, -0.1) is 0 Å². The fourth-order valence-corrected chi connectivity index (χ4v) is 1.54. The maximum atomic E-state index is 11.5. The van der Waals surface area contributed by atoms with Gasteiger partial charge in [0.15, 0.2) is 0 Å². The Morgan fingerprint density at radius 2 is 1.89 bits per heavy atom. The lowest BCUT2D eigenvalue weighted by Crippen LogP contribution is -2.32. The van der Waals surface area contributed by atoms with Gasteiger partial charge in [-0.1, -0.05) is 24.3 Å². The smallest absolute Gasteiger partial charge is 0.407 e. The number of alkyl carbamates (subject to hydrolysis) is 1. The number of hydrogen-bond donors (Lipinski definition) is 2. The number of nitrogens with two attached hydrogens (primary N) is 1. The summed E-state index contributed by atoms with van der Waals surface area (Å²) in [7, 11) is 0. The predicted molar refractivity (Wildman–Crippen MR) is 72.4 cm³/mol. The fraction of sp³-hybridized carbons (Fsp3) is 0.429. The number of amides is 2. The highest BCUT2D eigenvalue weighted by Gasteiger charge is 2.15. The third-order valence-electron chi connectivity index (χ3n) is 2.21. The molecule has 0 aromatic heterocycles. The topological polar surface area (TPSA) is 81.4 Å². The molecule has 0 saturated heterocycles. The highest BCUT2D eigenvalue weighted by Crippen LogP contribution is 2.08. The van der Waals surface area contributed by atoms with Crippen LogP contribution in [0.25, 0.3) is 0 Å². The van der Waals surface area contributed by atoms with Gasteiger partial charge in [-0.2, -0.15) is 0 Å². The van der Waals surface area contributed by atoms with Gasteiger partial charge in [0.2, 0.25) is 5.91 Å². The van der Waals surface area contributed by atoms with E-state index in [1.165, 1.54) is 0 Å². The first-order valence-electron chi connectivity index (χ1n) is 6.09. The first-order valence-corrected chi connectivity index (χ1v) is 6.09. The third kappa shape index (κ3) is 6.45. The van der Waals surface area contributed by atoms with Crippen molar-refractivity contribution in [2.24, 2.45) is 5.73 Å². The minimum atomic E-state index is -0.516. The highest BCUT2D eigenvalue weighted by molar-refractivity contribution is 5.76. The number of nitrogens with one attached hydrogen (secondary N) is 1. The van der Waals surface area contributed by atoms with E-state index in [9.17, 15) is 9.59 Å². The normalized spacial score (nSPS) is 10.9. The third-order valence-corrected chi connectivity index (χ3v) is 2.21. The monoisotopic (exact) mass is 264 g/mol. The fourth-order valence-electron chi connectivity index (χ4n) is 1.54. The molecule has 0 unspecified atom stereocenters. The molecule has 5 heteroatoms. The van der Waals surface area contributed by atoms with E-state index < -0.39 is 11.7 Å². The van der Waals surface area contributed by atoms with E-state index in [1.54, 1.807) is 20.8 Å². The van der Waals surface area contributed by atoms with Crippen LogP contribution in [0, 0.1) is 0 Å². The van der Waals surface area contributed by atoms with Crippen LogP contribution in [0.2, 0.25) is 0 Å². The summed E-state index contributed by atoms with van der Waals surface area (Å²) in [5.41, 5.74) is 6.34. The molecule has 1 rings (SSSR count). The van der Waals surface area contributed by atoms with Crippen molar-refractivity contribution in [2.45, 2.75) is 39.3 Å². The SMILES string of the molecule is CC(C)(C)OC(=O)NCc1cccc(CC(N)=O)c1. The number of ether oxygens (including phenoxy) is 1. The number of carbonyl (C=O) groups excluding carboxylic acids is 2. The Morgan fingerprint density at radius 1 is 1.26 bits per heavy atom. The lowest BCUT2D eigenvalue weighted by Gasteiger charge is -2.19. The average molecular weight is 264 g/mol. The molecule has 0 bridgehead atoms. The van der Waals surface area contributed by atoms with Gasteiger partial charge < -0.3 is 15.8 Å². The Labute approximate surface area is 113 Å². The average Bonchev–Trinajstić information content (AvgIpc) is 2.23. The van der Waals surface area contributed by atoms with E-state index in [1.807, 2.05) is 24.3 Å². The quantitative estimate of drug-likeness (QED) is 0.869. The van der Waals surface area contributed by atoms with Gasteiger partial charge in [0.1, 0.15) is 5.60 Å². The van der Waals surface area contributed by atoms with Crippen LogP contribution in [0.3, 0.4) is 0 Å². The van der Waals surface area contributed by atoms with E-state index in [0.717, 1.165) is 11.1 Å². The second kappa shape index (κ2) is 6.22. The largest absolute Gasteiger partial charge is 0.444 e. The first-order chi connectivity index (χ1) is 8.76.